The summed E-state index contributed by atoms with van der Waals surface area (Å²) in [5, 5.41) is 0. The van der Waals surface area contributed by atoms with Crippen LogP contribution in [0, 0.1) is 0 Å². The molecule has 0 aliphatic carbocycles. The third-order valence-corrected chi connectivity index (χ3v) is 3.66. The average molecular weight is 257 g/mol. The Morgan fingerprint density at radius 3 is 3.00 bits per heavy atom. The molecule has 2 aromatic rings. The number of aromatic nitrogens is 2. The van der Waals surface area contributed by atoms with Gasteiger partial charge in [0.15, 0.2) is 0 Å². The van der Waals surface area contributed by atoms with Crippen LogP contribution in [0.25, 0.3) is 0 Å². The van der Waals surface area contributed by atoms with Crippen LogP contribution in [0.2, 0.25) is 0 Å². The van der Waals surface area contributed by atoms with Crippen LogP contribution in [-0.4, -0.2) is 34.2 Å². The van der Waals surface area contributed by atoms with Crippen molar-refractivity contribution in [3.05, 3.63) is 54.1 Å². The fraction of sp³-hybridized carbons (Fsp3) is 0.400. The summed E-state index contributed by atoms with van der Waals surface area (Å²) in [6.07, 6.45) is 3.94. The van der Waals surface area contributed by atoms with Crippen LogP contribution in [0.1, 0.15) is 17.4 Å². The first-order valence-corrected chi connectivity index (χ1v) is 6.67. The second kappa shape index (κ2) is 5.55. The van der Waals surface area contributed by atoms with Gasteiger partial charge in [-0.1, -0.05) is 6.07 Å². The molecule has 3 rings (SSSR count). The van der Waals surface area contributed by atoms with E-state index < -0.39 is 0 Å². The van der Waals surface area contributed by atoms with Crippen LogP contribution in [0.5, 0.6) is 0 Å². The Morgan fingerprint density at radius 1 is 1.32 bits per heavy atom. The largest absolute Gasteiger partial charge is 0.378 e. The Labute approximate surface area is 113 Å². The second-order valence-corrected chi connectivity index (χ2v) is 4.93. The molecular formula is C15H19N3O. The lowest BCUT2D eigenvalue weighted by Crippen LogP contribution is -2.39. The number of nitrogens with zero attached hydrogens (tertiary/aromatic N) is 3. The lowest BCUT2D eigenvalue weighted by atomic mass is 10.1. The molecule has 1 atom stereocenters. The predicted molar refractivity (Wildman–Crippen MR) is 73.6 cm³/mol. The standard InChI is InChI=1S/C15H19N3O/c1-17-8-4-6-14(17)15-12-19-10-9-18(15)11-13-5-2-3-7-16-13/h2-8,15H,9-12H2,1H3/t15-/m0/s1. The minimum absolute atomic E-state index is 0.316. The summed E-state index contributed by atoms with van der Waals surface area (Å²) in [7, 11) is 2.09. The Bertz CT molecular complexity index is 523. The molecule has 0 bridgehead atoms. The fourth-order valence-corrected chi connectivity index (χ4v) is 2.62. The number of hydrogen-bond donors (Lipinski definition) is 0. The van der Waals surface area contributed by atoms with E-state index in [1.165, 1.54) is 5.69 Å². The molecule has 19 heavy (non-hydrogen) atoms. The molecule has 1 saturated heterocycles. The Kier molecular flexibility index (Phi) is 3.62. The maximum Gasteiger partial charge on any atom is 0.0741 e. The molecule has 4 nitrogen and oxygen atoms in total. The van der Waals surface area contributed by atoms with Crippen LogP contribution >= 0.6 is 0 Å². The van der Waals surface area contributed by atoms with Gasteiger partial charge in [0.05, 0.1) is 24.9 Å². The van der Waals surface area contributed by atoms with Crippen molar-refractivity contribution in [3.63, 3.8) is 0 Å². The number of rotatable bonds is 3. The van der Waals surface area contributed by atoms with Gasteiger partial charge in [0, 0.05) is 38.2 Å². The summed E-state index contributed by atoms with van der Waals surface area (Å²) in [6, 6.07) is 10.7. The van der Waals surface area contributed by atoms with Crippen LogP contribution in [0.15, 0.2) is 42.7 Å². The van der Waals surface area contributed by atoms with Crippen molar-refractivity contribution in [1.29, 1.82) is 0 Å². The zero-order chi connectivity index (χ0) is 13.1. The van der Waals surface area contributed by atoms with Crippen molar-refractivity contribution < 1.29 is 4.74 Å². The number of pyridine rings is 1. The molecule has 1 fully saturated rings. The first-order chi connectivity index (χ1) is 9.34. The summed E-state index contributed by atoms with van der Waals surface area (Å²) >= 11 is 0. The molecular weight excluding hydrogens is 238 g/mol. The zero-order valence-electron chi connectivity index (χ0n) is 11.2. The van der Waals surface area contributed by atoms with Crippen molar-refractivity contribution in [2.45, 2.75) is 12.6 Å². The quantitative estimate of drug-likeness (QED) is 0.842. The van der Waals surface area contributed by atoms with Gasteiger partial charge in [-0.25, -0.2) is 0 Å². The van der Waals surface area contributed by atoms with E-state index in [-0.39, 0.29) is 0 Å². The van der Waals surface area contributed by atoms with Crippen LogP contribution in [0.4, 0.5) is 0 Å². The van der Waals surface area contributed by atoms with Gasteiger partial charge in [-0.15, -0.1) is 0 Å². The molecule has 3 heterocycles. The molecule has 0 saturated carbocycles. The molecule has 100 valence electrons. The highest BCUT2D eigenvalue weighted by atomic mass is 16.5. The lowest BCUT2D eigenvalue weighted by Gasteiger charge is -2.35. The van der Waals surface area contributed by atoms with Crippen LogP contribution in [-0.2, 0) is 18.3 Å². The maximum absolute atomic E-state index is 5.65. The van der Waals surface area contributed by atoms with E-state index in [1.807, 2.05) is 18.3 Å². The summed E-state index contributed by atoms with van der Waals surface area (Å²) in [6.45, 7) is 3.38. The third-order valence-electron chi connectivity index (χ3n) is 3.66. The van der Waals surface area contributed by atoms with Crippen molar-refractivity contribution >= 4 is 0 Å². The average Bonchev–Trinajstić information content (AvgIpc) is 2.87. The topological polar surface area (TPSA) is 30.3 Å². The van der Waals surface area contributed by atoms with Gasteiger partial charge >= 0.3 is 0 Å². The summed E-state index contributed by atoms with van der Waals surface area (Å²) in [5.41, 5.74) is 2.42. The van der Waals surface area contributed by atoms with Crippen molar-refractivity contribution in [2.24, 2.45) is 7.05 Å². The molecule has 0 N–H and O–H groups in total. The monoisotopic (exact) mass is 257 g/mol. The van der Waals surface area contributed by atoms with Gasteiger partial charge in [0.2, 0.25) is 0 Å². The highest BCUT2D eigenvalue weighted by Crippen LogP contribution is 2.25. The normalized spacial score (nSPS) is 20.6. The third kappa shape index (κ3) is 2.69. The summed E-state index contributed by atoms with van der Waals surface area (Å²) < 4.78 is 7.82. The fourth-order valence-electron chi connectivity index (χ4n) is 2.62. The predicted octanol–water partition coefficient (Wildman–Crippen LogP) is 1.99. The maximum atomic E-state index is 5.65. The summed E-state index contributed by atoms with van der Waals surface area (Å²) in [4.78, 5) is 6.87. The lowest BCUT2D eigenvalue weighted by molar-refractivity contribution is -0.0157. The van der Waals surface area contributed by atoms with Crippen LogP contribution < -0.4 is 0 Å². The van der Waals surface area contributed by atoms with Crippen molar-refractivity contribution in [1.82, 2.24) is 14.5 Å². The zero-order valence-corrected chi connectivity index (χ0v) is 11.2. The van der Waals surface area contributed by atoms with E-state index in [4.69, 9.17) is 4.74 Å². The SMILES string of the molecule is Cn1cccc1[C@@H]1COCCN1Cc1ccccn1. The molecule has 4 heteroatoms. The van der Waals surface area contributed by atoms with Gasteiger partial charge < -0.3 is 9.30 Å². The van der Waals surface area contributed by atoms with Gasteiger partial charge in [0.25, 0.3) is 0 Å². The first-order valence-electron chi connectivity index (χ1n) is 6.67. The van der Waals surface area contributed by atoms with E-state index in [0.29, 0.717) is 6.04 Å². The van der Waals surface area contributed by atoms with Crippen molar-refractivity contribution in [3.8, 4) is 0 Å². The van der Waals surface area contributed by atoms with E-state index in [1.54, 1.807) is 0 Å². The minimum atomic E-state index is 0.316. The molecule has 1 aliphatic heterocycles. The molecule has 2 aromatic heterocycles. The molecule has 0 aromatic carbocycles. The summed E-state index contributed by atoms with van der Waals surface area (Å²) in [5.74, 6) is 0. The van der Waals surface area contributed by atoms with Crippen molar-refractivity contribution in [2.75, 3.05) is 19.8 Å². The van der Waals surface area contributed by atoms with Gasteiger partial charge in [0.1, 0.15) is 0 Å². The van der Waals surface area contributed by atoms with Crippen LogP contribution in [0.3, 0.4) is 0 Å². The number of hydrogen-bond acceptors (Lipinski definition) is 3. The number of morpholine rings is 1. The molecule has 0 unspecified atom stereocenters. The Balaban J connectivity index is 1.80. The molecule has 1 aliphatic rings. The Hall–Kier alpha value is -1.65. The smallest absolute Gasteiger partial charge is 0.0741 e. The molecule has 0 radical (unpaired) electrons. The van der Waals surface area contributed by atoms with E-state index in [0.717, 1.165) is 32.0 Å². The van der Waals surface area contributed by atoms with E-state index >= 15 is 0 Å². The molecule has 0 spiro atoms. The molecule has 0 amide bonds. The highest BCUT2D eigenvalue weighted by molar-refractivity contribution is 5.13. The highest BCUT2D eigenvalue weighted by Gasteiger charge is 2.26. The number of ether oxygens (including phenoxy) is 1. The number of aryl methyl sites for hydroxylation is 1. The first kappa shape index (κ1) is 12.4. The van der Waals surface area contributed by atoms with E-state index in [2.05, 4.69) is 45.9 Å². The van der Waals surface area contributed by atoms with Gasteiger partial charge in [-0.3, -0.25) is 9.88 Å². The Morgan fingerprint density at radius 2 is 2.26 bits per heavy atom. The second-order valence-electron chi connectivity index (χ2n) is 4.93. The van der Waals surface area contributed by atoms with Gasteiger partial charge in [-0.05, 0) is 24.3 Å². The van der Waals surface area contributed by atoms with Gasteiger partial charge in [-0.2, -0.15) is 0 Å². The van der Waals surface area contributed by atoms with E-state index in [9.17, 15) is 0 Å². The minimum Gasteiger partial charge on any atom is -0.378 e.